The second-order valence-electron chi connectivity index (χ2n) is 6.59. The van der Waals surface area contributed by atoms with Gasteiger partial charge in [-0.05, 0) is 24.5 Å². The first-order valence-electron chi connectivity index (χ1n) is 8.25. The molecule has 2 N–H and O–H groups in total. The number of nitro benzene ring substituents is 2. The Morgan fingerprint density at radius 1 is 1.15 bits per heavy atom. The Hall–Kier alpha value is -3.13. The lowest BCUT2D eigenvalue weighted by atomic mass is 9.76. The Bertz CT molecular complexity index is 1010. The Morgan fingerprint density at radius 2 is 1.93 bits per heavy atom. The SMILES string of the molecule is O=[N+]([O-])c1ccc(Cl)c(C2Nc3c(O)ccc([N+](=O)[O-])c3C3C=CCC32)c1. The van der Waals surface area contributed by atoms with Crippen molar-refractivity contribution in [3.8, 4) is 5.75 Å². The summed E-state index contributed by atoms with van der Waals surface area (Å²) in [7, 11) is 0. The average Bonchev–Trinajstić information content (AvgIpc) is 3.11. The van der Waals surface area contributed by atoms with Crippen molar-refractivity contribution < 1.29 is 15.0 Å². The monoisotopic (exact) mass is 387 g/mol. The van der Waals surface area contributed by atoms with Crippen molar-refractivity contribution in [2.24, 2.45) is 5.92 Å². The molecule has 0 amide bonds. The molecule has 0 fully saturated rings. The number of allylic oxidation sites excluding steroid dienone is 2. The van der Waals surface area contributed by atoms with Crippen molar-refractivity contribution in [1.29, 1.82) is 0 Å². The summed E-state index contributed by atoms with van der Waals surface area (Å²) in [5.74, 6) is -0.521. The zero-order valence-electron chi connectivity index (χ0n) is 13.8. The molecule has 0 bridgehead atoms. The molecule has 2 aliphatic rings. The summed E-state index contributed by atoms with van der Waals surface area (Å²) < 4.78 is 0. The average molecular weight is 388 g/mol. The smallest absolute Gasteiger partial charge is 0.275 e. The first-order valence-corrected chi connectivity index (χ1v) is 8.63. The number of halogens is 1. The highest BCUT2D eigenvalue weighted by atomic mass is 35.5. The lowest BCUT2D eigenvalue weighted by Gasteiger charge is -2.37. The summed E-state index contributed by atoms with van der Waals surface area (Å²) in [4.78, 5) is 21.7. The molecule has 1 aliphatic carbocycles. The number of hydrogen-bond acceptors (Lipinski definition) is 6. The summed E-state index contributed by atoms with van der Waals surface area (Å²) >= 11 is 6.32. The largest absolute Gasteiger partial charge is 0.506 e. The van der Waals surface area contributed by atoms with E-state index in [2.05, 4.69) is 5.32 Å². The molecule has 9 heteroatoms. The van der Waals surface area contributed by atoms with Crippen LogP contribution in [0.3, 0.4) is 0 Å². The van der Waals surface area contributed by atoms with Gasteiger partial charge in [-0.1, -0.05) is 23.8 Å². The minimum absolute atomic E-state index is 0.0690. The van der Waals surface area contributed by atoms with Crippen LogP contribution in [0.2, 0.25) is 5.02 Å². The molecule has 0 radical (unpaired) electrons. The van der Waals surface area contributed by atoms with E-state index >= 15 is 0 Å². The number of anilines is 1. The standard InChI is InChI=1S/C18H14ClN3O5/c19-13-5-4-9(21(24)25)8-12(13)17-11-3-1-2-10(11)16-14(22(26)27)6-7-15(23)18(16)20-17/h1-2,4-8,10-11,17,20,23H,3H2. The van der Waals surface area contributed by atoms with E-state index in [-0.39, 0.29) is 34.6 Å². The Morgan fingerprint density at radius 3 is 2.63 bits per heavy atom. The molecular formula is C18H14ClN3O5. The zero-order valence-corrected chi connectivity index (χ0v) is 14.6. The predicted octanol–water partition coefficient (Wildman–Crippen LogP) is 4.69. The van der Waals surface area contributed by atoms with E-state index in [0.717, 1.165) is 0 Å². The maximum absolute atomic E-state index is 11.5. The summed E-state index contributed by atoms with van der Waals surface area (Å²) in [5.41, 5.74) is 1.07. The van der Waals surface area contributed by atoms with E-state index in [1.165, 1.54) is 30.3 Å². The van der Waals surface area contributed by atoms with Gasteiger partial charge in [0.15, 0.2) is 0 Å². The Balaban J connectivity index is 1.89. The highest BCUT2D eigenvalue weighted by molar-refractivity contribution is 6.31. The van der Waals surface area contributed by atoms with Crippen LogP contribution in [0.5, 0.6) is 5.75 Å². The van der Waals surface area contributed by atoms with Crippen LogP contribution in [0.15, 0.2) is 42.5 Å². The van der Waals surface area contributed by atoms with Crippen LogP contribution >= 0.6 is 11.6 Å². The number of rotatable bonds is 3. The van der Waals surface area contributed by atoms with Gasteiger partial charge in [0.2, 0.25) is 0 Å². The quantitative estimate of drug-likeness (QED) is 0.341. The molecule has 3 atom stereocenters. The summed E-state index contributed by atoms with van der Waals surface area (Å²) in [6.07, 6.45) is 4.45. The first-order chi connectivity index (χ1) is 12.9. The molecule has 27 heavy (non-hydrogen) atoms. The van der Waals surface area contributed by atoms with Crippen molar-refractivity contribution in [3.63, 3.8) is 0 Å². The molecule has 1 aliphatic heterocycles. The van der Waals surface area contributed by atoms with Crippen LogP contribution in [0, 0.1) is 26.1 Å². The van der Waals surface area contributed by atoms with Crippen molar-refractivity contribution >= 4 is 28.7 Å². The summed E-state index contributed by atoms with van der Waals surface area (Å²) in [6, 6.07) is 6.34. The molecular weight excluding hydrogens is 374 g/mol. The first kappa shape index (κ1) is 17.3. The van der Waals surface area contributed by atoms with E-state index in [4.69, 9.17) is 11.6 Å². The third-order valence-electron chi connectivity index (χ3n) is 5.20. The number of phenols is 1. The van der Waals surface area contributed by atoms with Gasteiger partial charge in [-0.2, -0.15) is 0 Å². The number of nitrogens with one attached hydrogen (secondary N) is 1. The molecule has 2 aromatic carbocycles. The fraction of sp³-hybridized carbons (Fsp3) is 0.222. The third-order valence-corrected chi connectivity index (χ3v) is 5.54. The second kappa shape index (κ2) is 6.24. The number of nitro groups is 2. The van der Waals surface area contributed by atoms with E-state index in [1.54, 1.807) is 0 Å². The topological polar surface area (TPSA) is 119 Å². The molecule has 3 unspecified atom stereocenters. The molecule has 8 nitrogen and oxygen atoms in total. The van der Waals surface area contributed by atoms with Gasteiger partial charge in [0.1, 0.15) is 5.75 Å². The number of aromatic hydroxyl groups is 1. The van der Waals surface area contributed by atoms with Crippen LogP contribution in [0.25, 0.3) is 0 Å². The number of fused-ring (bicyclic) bond motifs is 3. The van der Waals surface area contributed by atoms with Gasteiger partial charge in [-0.3, -0.25) is 20.2 Å². The summed E-state index contributed by atoms with van der Waals surface area (Å²) in [5, 5.41) is 36.5. The fourth-order valence-corrected chi connectivity index (χ4v) is 4.26. The number of hydrogen-bond donors (Lipinski definition) is 2. The van der Waals surface area contributed by atoms with E-state index in [1.807, 2.05) is 12.2 Å². The highest BCUT2D eigenvalue weighted by Gasteiger charge is 2.43. The maximum Gasteiger partial charge on any atom is 0.275 e. The number of benzene rings is 2. The van der Waals surface area contributed by atoms with Crippen molar-refractivity contribution in [3.05, 3.63) is 78.9 Å². The van der Waals surface area contributed by atoms with Gasteiger partial charge >= 0.3 is 0 Å². The molecule has 138 valence electrons. The van der Waals surface area contributed by atoms with Gasteiger partial charge in [-0.15, -0.1) is 0 Å². The van der Waals surface area contributed by atoms with Crippen molar-refractivity contribution in [2.45, 2.75) is 18.4 Å². The third kappa shape index (κ3) is 2.69. The molecule has 4 rings (SSSR count). The van der Waals surface area contributed by atoms with Crippen LogP contribution in [-0.2, 0) is 0 Å². The van der Waals surface area contributed by atoms with Gasteiger partial charge in [0, 0.05) is 34.7 Å². The number of phenolic OH excluding ortho intramolecular Hbond substituents is 1. The van der Waals surface area contributed by atoms with Crippen LogP contribution < -0.4 is 5.32 Å². The highest BCUT2D eigenvalue weighted by Crippen LogP contribution is 2.55. The fourth-order valence-electron chi connectivity index (χ4n) is 4.02. The molecule has 1 heterocycles. The maximum atomic E-state index is 11.5. The van der Waals surface area contributed by atoms with Crippen LogP contribution in [0.4, 0.5) is 17.1 Å². The molecule has 2 aromatic rings. The molecule has 0 saturated carbocycles. The van der Waals surface area contributed by atoms with Gasteiger partial charge in [0.05, 0.1) is 27.1 Å². The minimum atomic E-state index is -0.497. The van der Waals surface area contributed by atoms with E-state index < -0.39 is 15.9 Å². The normalized spacial score (nSPS) is 22.6. The summed E-state index contributed by atoms with van der Waals surface area (Å²) in [6.45, 7) is 0. The van der Waals surface area contributed by atoms with E-state index in [0.29, 0.717) is 22.6 Å². The molecule has 0 saturated heterocycles. The minimum Gasteiger partial charge on any atom is -0.506 e. The van der Waals surface area contributed by atoms with E-state index in [9.17, 15) is 25.3 Å². The Labute approximate surface area is 158 Å². The zero-order chi connectivity index (χ0) is 19.3. The van der Waals surface area contributed by atoms with Crippen molar-refractivity contribution in [2.75, 3.05) is 5.32 Å². The second-order valence-corrected chi connectivity index (χ2v) is 7.00. The lowest BCUT2D eigenvalue weighted by Crippen LogP contribution is -2.30. The number of non-ortho nitro benzene ring substituents is 1. The Kier molecular flexibility index (Phi) is 4.00. The van der Waals surface area contributed by atoms with Gasteiger partial charge in [0.25, 0.3) is 11.4 Å². The van der Waals surface area contributed by atoms with Crippen LogP contribution in [-0.4, -0.2) is 15.0 Å². The van der Waals surface area contributed by atoms with Crippen LogP contribution in [0.1, 0.15) is 29.5 Å². The molecule has 0 aromatic heterocycles. The molecule has 0 spiro atoms. The lowest BCUT2D eigenvalue weighted by molar-refractivity contribution is -0.385. The number of nitrogens with zero attached hydrogens (tertiary/aromatic N) is 2. The van der Waals surface area contributed by atoms with Crippen molar-refractivity contribution in [1.82, 2.24) is 0 Å². The predicted molar refractivity (Wildman–Crippen MR) is 99.2 cm³/mol. The van der Waals surface area contributed by atoms with Gasteiger partial charge < -0.3 is 10.4 Å². The van der Waals surface area contributed by atoms with Gasteiger partial charge in [-0.25, -0.2) is 0 Å².